The van der Waals surface area contributed by atoms with E-state index in [1.165, 1.54) is 19.3 Å². The number of carbonyl (C=O) groups is 2. The maximum absolute atomic E-state index is 14.0. The SMILES string of the molecule is COc1ccc(CN2C[C@@]34CCCCCCCCCCN(S(=O)(=O)c5ccccc5)CC[C@@H](C(=O)C3)[C@H](C4)C2=O)cc1. The summed E-state index contributed by atoms with van der Waals surface area (Å²) in [6.45, 7) is 1.81. The summed E-state index contributed by atoms with van der Waals surface area (Å²) in [6.07, 6.45) is 11.2. The second-order valence-corrected chi connectivity index (χ2v) is 14.6. The molecular weight excluding hydrogens is 548 g/mol. The Balaban J connectivity index is 1.41. The summed E-state index contributed by atoms with van der Waals surface area (Å²) in [4.78, 5) is 30.0. The zero-order chi connectivity index (χ0) is 29.6. The minimum absolute atomic E-state index is 0.0369. The normalized spacial score (nSPS) is 27.0. The molecule has 7 nitrogen and oxygen atoms in total. The van der Waals surface area contributed by atoms with E-state index in [1.807, 2.05) is 35.2 Å². The molecular formula is C34H46N2O5S. The Bertz CT molecular complexity index is 1310. The van der Waals surface area contributed by atoms with E-state index in [-0.39, 0.29) is 28.5 Å². The van der Waals surface area contributed by atoms with Gasteiger partial charge in [0, 0.05) is 44.4 Å². The third-order valence-electron chi connectivity index (χ3n) is 9.72. The van der Waals surface area contributed by atoms with Gasteiger partial charge in [-0.05, 0) is 60.9 Å². The smallest absolute Gasteiger partial charge is 0.243 e. The molecule has 0 unspecified atom stereocenters. The van der Waals surface area contributed by atoms with Crippen molar-refractivity contribution in [1.29, 1.82) is 0 Å². The second kappa shape index (κ2) is 13.7. The van der Waals surface area contributed by atoms with Gasteiger partial charge in [-0.15, -0.1) is 0 Å². The molecule has 2 aromatic carbocycles. The minimum atomic E-state index is -3.70. The molecule has 4 aliphatic rings. The predicted octanol–water partition coefficient (Wildman–Crippen LogP) is 6.22. The Hall–Kier alpha value is -2.71. The van der Waals surface area contributed by atoms with Gasteiger partial charge in [0.05, 0.1) is 12.0 Å². The third-order valence-corrected chi connectivity index (χ3v) is 11.6. The number of carbonyl (C=O) groups excluding carboxylic acids is 2. The number of amides is 1. The van der Waals surface area contributed by atoms with Crippen molar-refractivity contribution in [3.8, 4) is 5.75 Å². The number of likely N-dealkylation sites (tertiary alicyclic amines) is 1. The number of hydrogen-bond donors (Lipinski definition) is 0. The van der Waals surface area contributed by atoms with Crippen LogP contribution in [0.4, 0.5) is 0 Å². The van der Waals surface area contributed by atoms with Crippen LogP contribution in [0.5, 0.6) is 5.75 Å². The summed E-state index contributed by atoms with van der Waals surface area (Å²) >= 11 is 0. The Labute approximate surface area is 251 Å². The Kier molecular flexibility index (Phi) is 10.0. The quantitative estimate of drug-likeness (QED) is 0.410. The number of Topliss-reactive ketones (excluding diaryl/α,β-unsaturated/α-hetero) is 1. The summed E-state index contributed by atoms with van der Waals surface area (Å²) in [5.74, 6) is 0.116. The van der Waals surface area contributed by atoms with Crippen molar-refractivity contribution in [2.75, 3.05) is 26.7 Å². The molecule has 2 aromatic rings. The van der Waals surface area contributed by atoms with E-state index < -0.39 is 21.9 Å². The van der Waals surface area contributed by atoms with Crippen molar-refractivity contribution >= 4 is 21.7 Å². The van der Waals surface area contributed by atoms with Crippen LogP contribution in [0, 0.1) is 17.3 Å². The molecule has 1 spiro atoms. The van der Waals surface area contributed by atoms with Crippen LogP contribution < -0.4 is 4.74 Å². The Morgan fingerprint density at radius 3 is 2.19 bits per heavy atom. The van der Waals surface area contributed by atoms with Crippen LogP contribution in [0.1, 0.15) is 82.6 Å². The summed E-state index contributed by atoms with van der Waals surface area (Å²) in [5, 5.41) is 0. The van der Waals surface area contributed by atoms with Crippen molar-refractivity contribution in [1.82, 2.24) is 9.21 Å². The second-order valence-electron chi connectivity index (χ2n) is 12.7. The van der Waals surface area contributed by atoms with Gasteiger partial charge in [0.15, 0.2) is 0 Å². The number of fused-ring (bicyclic) bond motifs is 13. The number of sulfonamides is 1. The number of benzene rings is 2. The molecule has 0 N–H and O–H groups in total. The van der Waals surface area contributed by atoms with E-state index in [0.717, 1.165) is 56.3 Å². The first kappa shape index (κ1) is 30.7. The molecule has 228 valence electrons. The number of ether oxygens (including phenoxy) is 1. The fourth-order valence-corrected chi connectivity index (χ4v) is 8.96. The number of methoxy groups -OCH3 is 1. The van der Waals surface area contributed by atoms with Gasteiger partial charge in [-0.2, -0.15) is 4.31 Å². The molecule has 6 rings (SSSR count). The molecule has 8 heteroatoms. The fourth-order valence-electron chi connectivity index (χ4n) is 7.45. The Morgan fingerprint density at radius 2 is 1.50 bits per heavy atom. The first-order valence-corrected chi connectivity index (χ1v) is 17.2. The van der Waals surface area contributed by atoms with E-state index in [1.54, 1.807) is 35.7 Å². The molecule has 0 aromatic heterocycles. The molecule has 1 saturated carbocycles. The average molecular weight is 595 g/mol. The van der Waals surface area contributed by atoms with Gasteiger partial charge < -0.3 is 9.64 Å². The first-order chi connectivity index (χ1) is 20.3. The van der Waals surface area contributed by atoms with Gasteiger partial charge in [0.2, 0.25) is 15.9 Å². The van der Waals surface area contributed by atoms with Crippen molar-refractivity contribution in [3.63, 3.8) is 0 Å². The Morgan fingerprint density at radius 1 is 0.833 bits per heavy atom. The topological polar surface area (TPSA) is 84.0 Å². The molecule has 3 bridgehead atoms. The number of hydrogen-bond acceptors (Lipinski definition) is 5. The monoisotopic (exact) mass is 594 g/mol. The van der Waals surface area contributed by atoms with Crippen LogP contribution in [0.3, 0.4) is 0 Å². The first-order valence-electron chi connectivity index (χ1n) is 15.8. The number of rotatable bonds is 5. The van der Waals surface area contributed by atoms with E-state index in [9.17, 15) is 18.0 Å². The zero-order valence-electron chi connectivity index (χ0n) is 25.0. The van der Waals surface area contributed by atoms with Gasteiger partial charge in [-0.3, -0.25) is 9.59 Å². The average Bonchev–Trinajstić information content (AvgIpc) is 2.99. The lowest BCUT2D eigenvalue weighted by molar-refractivity contribution is -0.160. The lowest BCUT2D eigenvalue weighted by Crippen LogP contribution is -2.58. The summed E-state index contributed by atoms with van der Waals surface area (Å²) in [7, 11) is -2.06. The largest absolute Gasteiger partial charge is 0.497 e. The number of nitrogens with zero attached hydrogens (tertiary/aromatic N) is 2. The number of ketones is 1. The van der Waals surface area contributed by atoms with Crippen molar-refractivity contribution in [3.05, 3.63) is 60.2 Å². The molecule has 3 saturated heterocycles. The lowest BCUT2D eigenvalue weighted by Gasteiger charge is -2.51. The maximum atomic E-state index is 14.0. The van der Waals surface area contributed by atoms with Crippen LogP contribution in [-0.2, 0) is 26.2 Å². The van der Waals surface area contributed by atoms with Crippen LogP contribution in [0.15, 0.2) is 59.5 Å². The molecule has 42 heavy (non-hydrogen) atoms. The highest BCUT2D eigenvalue weighted by atomic mass is 32.2. The lowest BCUT2D eigenvalue weighted by atomic mass is 9.59. The zero-order valence-corrected chi connectivity index (χ0v) is 25.8. The molecule has 3 heterocycles. The summed E-state index contributed by atoms with van der Waals surface area (Å²) in [6, 6.07) is 16.4. The molecule has 3 aliphatic heterocycles. The van der Waals surface area contributed by atoms with E-state index in [4.69, 9.17) is 4.74 Å². The molecule has 1 aliphatic carbocycles. The van der Waals surface area contributed by atoms with Crippen LogP contribution in [0.2, 0.25) is 0 Å². The van der Waals surface area contributed by atoms with E-state index in [0.29, 0.717) is 32.5 Å². The highest BCUT2D eigenvalue weighted by molar-refractivity contribution is 7.89. The fraction of sp³-hybridized carbons (Fsp3) is 0.588. The van der Waals surface area contributed by atoms with E-state index in [2.05, 4.69) is 0 Å². The molecule has 0 radical (unpaired) electrons. The van der Waals surface area contributed by atoms with Gasteiger partial charge >= 0.3 is 0 Å². The van der Waals surface area contributed by atoms with Gasteiger partial charge in [0.25, 0.3) is 0 Å². The predicted molar refractivity (Wildman–Crippen MR) is 163 cm³/mol. The standard InChI is InChI=1S/C34H46N2O5S/c1-41-28-17-15-27(16-18-28)25-35-26-34-20-11-6-4-2-3-5-7-12-21-36(42(39,40)29-13-9-8-10-14-29)22-19-30(32(37)24-34)31(23-34)33(35)38/h8-10,13-18,30-31H,2-7,11-12,19-26H2,1H3/t30-,31+,34-/m1/s1. The number of piperidine rings is 1. The van der Waals surface area contributed by atoms with E-state index >= 15 is 0 Å². The van der Waals surface area contributed by atoms with Crippen molar-refractivity contribution in [2.24, 2.45) is 17.3 Å². The highest BCUT2D eigenvalue weighted by Crippen LogP contribution is 2.50. The van der Waals surface area contributed by atoms with Crippen molar-refractivity contribution in [2.45, 2.75) is 88.5 Å². The highest BCUT2D eigenvalue weighted by Gasteiger charge is 2.53. The van der Waals surface area contributed by atoms with Crippen LogP contribution in [0.25, 0.3) is 0 Å². The minimum Gasteiger partial charge on any atom is -0.497 e. The molecule has 1 amide bonds. The van der Waals surface area contributed by atoms with Gasteiger partial charge in [-0.25, -0.2) is 8.42 Å². The maximum Gasteiger partial charge on any atom is 0.243 e. The third kappa shape index (κ3) is 7.08. The molecule has 3 atom stereocenters. The summed E-state index contributed by atoms with van der Waals surface area (Å²) < 4.78 is 34.3. The van der Waals surface area contributed by atoms with Gasteiger partial charge in [-0.1, -0.05) is 75.3 Å². The van der Waals surface area contributed by atoms with Crippen LogP contribution in [-0.4, -0.2) is 56.1 Å². The molecule has 4 fully saturated rings. The van der Waals surface area contributed by atoms with Crippen molar-refractivity contribution < 1.29 is 22.7 Å². The summed E-state index contributed by atoms with van der Waals surface area (Å²) in [5.41, 5.74) is 0.850. The van der Waals surface area contributed by atoms with Gasteiger partial charge in [0.1, 0.15) is 11.5 Å². The van der Waals surface area contributed by atoms with Crippen LogP contribution >= 0.6 is 0 Å².